The van der Waals surface area contributed by atoms with E-state index in [1.165, 1.54) is 25.4 Å². The first kappa shape index (κ1) is 18.7. The Morgan fingerprint density at radius 2 is 1.81 bits per heavy atom. The van der Waals surface area contributed by atoms with Crippen molar-refractivity contribution in [1.82, 2.24) is 34.9 Å². The normalized spacial score (nSPS) is 11.2. The van der Waals surface area contributed by atoms with E-state index in [1.54, 1.807) is 29.2 Å². The molecule has 3 heterocycles. The van der Waals surface area contributed by atoms with Crippen LogP contribution in [0.15, 0.2) is 61.2 Å². The standard InChI is InChI=1S/C22H16FN7O/c1-24-21(31)16-4-3-14(10-17(16)23)20-12-28-22-27-11-15(30(22)29-20)8-13-2-5-18-19(9-13)26-7-6-25-18/h2-7,9-12H,8H2,1H3,(H,24,31). The quantitative estimate of drug-likeness (QED) is 0.487. The van der Waals surface area contributed by atoms with Crippen molar-refractivity contribution < 1.29 is 9.18 Å². The second kappa shape index (κ2) is 7.52. The van der Waals surface area contributed by atoms with Crippen LogP contribution in [0.1, 0.15) is 21.6 Å². The minimum Gasteiger partial charge on any atom is -0.355 e. The zero-order valence-electron chi connectivity index (χ0n) is 16.5. The molecule has 1 N–H and O–H groups in total. The molecule has 0 aliphatic heterocycles. The summed E-state index contributed by atoms with van der Waals surface area (Å²) in [5, 5.41) is 7.01. The summed E-state index contributed by atoms with van der Waals surface area (Å²) in [4.78, 5) is 29.0. The number of imidazole rings is 1. The molecule has 5 rings (SSSR count). The number of aromatic nitrogens is 6. The van der Waals surface area contributed by atoms with E-state index in [4.69, 9.17) is 0 Å². The summed E-state index contributed by atoms with van der Waals surface area (Å²) in [6, 6.07) is 10.2. The van der Waals surface area contributed by atoms with Crippen molar-refractivity contribution in [3.8, 4) is 11.3 Å². The monoisotopic (exact) mass is 413 g/mol. The van der Waals surface area contributed by atoms with Gasteiger partial charge in [0.15, 0.2) is 0 Å². The van der Waals surface area contributed by atoms with Crippen molar-refractivity contribution in [3.05, 3.63) is 83.8 Å². The van der Waals surface area contributed by atoms with Gasteiger partial charge in [-0.15, -0.1) is 0 Å². The molecule has 8 nitrogen and oxygen atoms in total. The lowest BCUT2D eigenvalue weighted by atomic mass is 10.1. The summed E-state index contributed by atoms with van der Waals surface area (Å²) >= 11 is 0. The van der Waals surface area contributed by atoms with Gasteiger partial charge in [0, 0.05) is 31.4 Å². The Morgan fingerprint density at radius 1 is 1.00 bits per heavy atom. The van der Waals surface area contributed by atoms with Gasteiger partial charge in [0.1, 0.15) is 11.5 Å². The second-order valence-corrected chi connectivity index (χ2v) is 6.93. The van der Waals surface area contributed by atoms with Gasteiger partial charge in [-0.1, -0.05) is 12.1 Å². The molecule has 9 heteroatoms. The van der Waals surface area contributed by atoms with Gasteiger partial charge in [0.25, 0.3) is 11.7 Å². The maximum atomic E-state index is 14.4. The fraction of sp³-hybridized carbons (Fsp3) is 0.0909. The maximum Gasteiger partial charge on any atom is 0.253 e. The van der Waals surface area contributed by atoms with Gasteiger partial charge >= 0.3 is 0 Å². The number of benzene rings is 2. The molecule has 5 aromatic rings. The van der Waals surface area contributed by atoms with Gasteiger partial charge < -0.3 is 5.32 Å². The lowest BCUT2D eigenvalue weighted by molar-refractivity contribution is 0.0959. The average Bonchev–Trinajstić information content (AvgIpc) is 3.20. The van der Waals surface area contributed by atoms with Crippen LogP contribution in [0.4, 0.5) is 4.39 Å². The highest BCUT2D eigenvalue weighted by Gasteiger charge is 2.14. The highest BCUT2D eigenvalue weighted by molar-refractivity contribution is 5.94. The Kier molecular flexibility index (Phi) is 4.55. The van der Waals surface area contributed by atoms with E-state index in [1.807, 2.05) is 18.2 Å². The number of carbonyl (C=O) groups is 1. The molecule has 3 aromatic heterocycles. The van der Waals surface area contributed by atoms with E-state index in [0.717, 1.165) is 22.3 Å². The third kappa shape index (κ3) is 3.46. The third-order valence-electron chi connectivity index (χ3n) is 4.96. The summed E-state index contributed by atoms with van der Waals surface area (Å²) in [6.45, 7) is 0. The van der Waals surface area contributed by atoms with Crippen molar-refractivity contribution in [2.45, 2.75) is 6.42 Å². The smallest absolute Gasteiger partial charge is 0.253 e. The van der Waals surface area contributed by atoms with E-state index in [0.29, 0.717) is 23.5 Å². The Balaban J connectivity index is 1.51. The van der Waals surface area contributed by atoms with E-state index in [2.05, 4.69) is 30.4 Å². The number of nitrogens with one attached hydrogen (secondary N) is 1. The molecule has 0 saturated heterocycles. The maximum absolute atomic E-state index is 14.4. The molecule has 0 unspecified atom stereocenters. The molecule has 0 spiro atoms. The second-order valence-electron chi connectivity index (χ2n) is 6.93. The summed E-state index contributed by atoms with van der Waals surface area (Å²) in [5.74, 6) is -0.661. The van der Waals surface area contributed by atoms with Crippen molar-refractivity contribution in [2.24, 2.45) is 0 Å². The summed E-state index contributed by atoms with van der Waals surface area (Å²) in [6.07, 6.45) is 7.14. The third-order valence-corrected chi connectivity index (χ3v) is 4.96. The highest BCUT2D eigenvalue weighted by atomic mass is 19.1. The Hall–Kier alpha value is -4.27. The first-order chi connectivity index (χ1) is 15.1. The number of fused-ring (bicyclic) bond motifs is 2. The molecule has 1 amide bonds. The summed E-state index contributed by atoms with van der Waals surface area (Å²) < 4.78 is 16.0. The van der Waals surface area contributed by atoms with Crippen LogP contribution >= 0.6 is 0 Å². The van der Waals surface area contributed by atoms with E-state index in [9.17, 15) is 9.18 Å². The zero-order valence-corrected chi connectivity index (χ0v) is 16.5. The molecule has 0 saturated carbocycles. The Morgan fingerprint density at radius 3 is 2.61 bits per heavy atom. The number of nitrogens with zero attached hydrogens (tertiary/aromatic N) is 6. The molecule has 0 fully saturated rings. The molecular weight excluding hydrogens is 397 g/mol. The van der Waals surface area contributed by atoms with E-state index < -0.39 is 11.7 Å². The number of rotatable bonds is 4. The molecule has 0 bridgehead atoms. The van der Waals surface area contributed by atoms with Crippen molar-refractivity contribution in [2.75, 3.05) is 7.05 Å². The zero-order chi connectivity index (χ0) is 21.4. The number of halogens is 1. The molecule has 152 valence electrons. The van der Waals surface area contributed by atoms with Crippen LogP contribution in [0.5, 0.6) is 0 Å². The minimum absolute atomic E-state index is 0.0250. The number of amides is 1. The lowest BCUT2D eigenvalue weighted by Crippen LogP contribution is -2.19. The van der Waals surface area contributed by atoms with Gasteiger partial charge in [0.05, 0.1) is 34.7 Å². The predicted octanol–water partition coefficient (Wildman–Crippen LogP) is 2.82. The summed E-state index contributed by atoms with van der Waals surface area (Å²) in [5.41, 5.74) is 4.46. The van der Waals surface area contributed by atoms with Crippen LogP contribution in [0, 0.1) is 5.82 Å². The van der Waals surface area contributed by atoms with Crippen LogP contribution < -0.4 is 5.32 Å². The number of carbonyl (C=O) groups excluding carboxylic acids is 1. The lowest BCUT2D eigenvalue weighted by Gasteiger charge is -2.07. The highest BCUT2D eigenvalue weighted by Crippen LogP contribution is 2.21. The molecule has 0 aliphatic rings. The van der Waals surface area contributed by atoms with Gasteiger partial charge in [-0.3, -0.25) is 14.8 Å². The van der Waals surface area contributed by atoms with Crippen molar-refractivity contribution in [3.63, 3.8) is 0 Å². The SMILES string of the molecule is CNC(=O)c1ccc(-c2cnc3ncc(Cc4ccc5nccnc5c4)n3n2)cc1F. The fourth-order valence-electron chi connectivity index (χ4n) is 3.39. The first-order valence-corrected chi connectivity index (χ1v) is 9.54. The first-order valence-electron chi connectivity index (χ1n) is 9.54. The van der Waals surface area contributed by atoms with E-state index >= 15 is 0 Å². The minimum atomic E-state index is -0.623. The van der Waals surface area contributed by atoms with E-state index in [-0.39, 0.29) is 5.56 Å². The van der Waals surface area contributed by atoms with Gasteiger partial charge in [-0.05, 0) is 29.8 Å². The molecule has 2 aromatic carbocycles. The van der Waals surface area contributed by atoms with Crippen LogP contribution in [0.2, 0.25) is 0 Å². The Labute approximate surface area is 175 Å². The van der Waals surface area contributed by atoms with Gasteiger partial charge in [0.2, 0.25) is 0 Å². The number of hydrogen-bond donors (Lipinski definition) is 1. The molecule has 31 heavy (non-hydrogen) atoms. The predicted molar refractivity (Wildman–Crippen MR) is 112 cm³/mol. The molecule has 0 radical (unpaired) electrons. The van der Waals surface area contributed by atoms with Crippen molar-refractivity contribution in [1.29, 1.82) is 0 Å². The largest absolute Gasteiger partial charge is 0.355 e. The fourth-order valence-corrected chi connectivity index (χ4v) is 3.39. The molecular formula is C22H16FN7O. The van der Waals surface area contributed by atoms with Crippen LogP contribution in [-0.2, 0) is 6.42 Å². The average molecular weight is 413 g/mol. The Bertz CT molecular complexity index is 1450. The topological polar surface area (TPSA) is 98.0 Å². The van der Waals surface area contributed by atoms with Gasteiger partial charge in [-0.25, -0.2) is 18.9 Å². The summed E-state index contributed by atoms with van der Waals surface area (Å²) in [7, 11) is 1.46. The van der Waals surface area contributed by atoms with Crippen LogP contribution in [0.25, 0.3) is 28.1 Å². The molecule has 0 aliphatic carbocycles. The van der Waals surface area contributed by atoms with Gasteiger partial charge in [-0.2, -0.15) is 5.10 Å². The van der Waals surface area contributed by atoms with Crippen molar-refractivity contribution >= 4 is 22.7 Å². The number of hydrogen-bond acceptors (Lipinski definition) is 6. The molecule has 0 atom stereocenters. The van der Waals surface area contributed by atoms with Crippen LogP contribution in [0.3, 0.4) is 0 Å². The van der Waals surface area contributed by atoms with Crippen LogP contribution in [-0.4, -0.2) is 42.5 Å².